The lowest BCUT2D eigenvalue weighted by Gasteiger charge is -2.06. The van der Waals surface area contributed by atoms with Crippen LogP contribution in [0.4, 0.5) is 0 Å². The van der Waals surface area contributed by atoms with Crippen LogP contribution >= 0.6 is 0 Å². The summed E-state index contributed by atoms with van der Waals surface area (Å²) in [7, 11) is -1.13. The lowest BCUT2D eigenvalue weighted by Crippen LogP contribution is -2.34. The fraction of sp³-hybridized carbons (Fsp3) is 0.133. The first-order valence-corrected chi connectivity index (χ1v) is 7.00. The highest BCUT2D eigenvalue weighted by atomic mass is 16.4. The van der Waals surface area contributed by atoms with Crippen molar-refractivity contribution in [3.63, 3.8) is 0 Å². The van der Waals surface area contributed by atoms with Crippen molar-refractivity contribution >= 4 is 31.4 Å². The molecule has 0 bridgehead atoms. The number of hydrogen-bond acceptors (Lipinski definition) is 6. The van der Waals surface area contributed by atoms with E-state index < -0.39 is 14.2 Å². The Hall–Kier alpha value is -1.96. The van der Waals surface area contributed by atoms with E-state index in [1.54, 1.807) is 24.3 Å². The lowest BCUT2D eigenvalue weighted by atomic mass is 9.77. The molecule has 0 saturated carbocycles. The van der Waals surface area contributed by atoms with Crippen LogP contribution in [0.15, 0.2) is 48.5 Å². The van der Waals surface area contributed by atoms with Gasteiger partial charge in [-0.1, -0.05) is 48.5 Å². The fourth-order valence-corrected chi connectivity index (χ4v) is 1.99. The van der Waals surface area contributed by atoms with Gasteiger partial charge in [0.15, 0.2) is 0 Å². The molecular formula is C15H19B2NO5. The third kappa shape index (κ3) is 5.97. The Morgan fingerprint density at radius 1 is 0.913 bits per heavy atom. The minimum atomic E-state index is -1.57. The normalized spacial score (nSPS) is 9.61. The molecular weight excluding hydrogens is 296 g/mol. The van der Waals surface area contributed by atoms with Gasteiger partial charge in [-0.3, -0.25) is 4.79 Å². The first kappa shape index (κ1) is 19.1. The largest absolute Gasteiger partial charge is 0.489 e. The highest BCUT2D eigenvalue weighted by molar-refractivity contribution is 6.60. The Kier molecular flexibility index (Phi) is 8.25. The third-order valence-electron chi connectivity index (χ3n) is 3.10. The number of carbonyl (C=O) groups excluding carboxylic acids is 1. The van der Waals surface area contributed by atoms with Gasteiger partial charge in [0.2, 0.25) is 0 Å². The Balaban J connectivity index is 0.000000231. The van der Waals surface area contributed by atoms with Crippen molar-refractivity contribution in [2.45, 2.75) is 6.54 Å². The van der Waals surface area contributed by atoms with Crippen LogP contribution in [0.25, 0.3) is 0 Å². The minimum Gasteiger partial charge on any atom is -0.423 e. The number of benzene rings is 2. The molecule has 6 nitrogen and oxygen atoms in total. The first-order chi connectivity index (χ1) is 11.0. The number of rotatable bonds is 5. The zero-order valence-electron chi connectivity index (χ0n) is 12.8. The van der Waals surface area contributed by atoms with Crippen LogP contribution in [-0.4, -0.2) is 47.7 Å². The monoisotopic (exact) mass is 315 g/mol. The molecule has 0 radical (unpaired) electrons. The molecule has 0 aliphatic rings. The number of aldehydes is 1. The summed E-state index contributed by atoms with van der Waals surface area (Å²) in [5.74, 6) is 0. The van der Waals surface area contributed by atoms with E-state index in [9.17, 15) is 4.79 Å². The minimum absolute atomic E-state index is 0.238. The molecule has 0 atom stereocenters. The molecule has 0 fully saturated rings. The maximum Gasteiger partial charge on any atom is 0.489 e. The molecule has 0 unspecified atom stereocenters. The Bertz CT molecular complexity index is 622. The van der Waals surface area contributed by atoms with Gasteiger partial charge in [0.05, 0.1) is 0 Å². The zero-order valence-corrected chi connectivity index (χ0v) is 12.8. The molecule has 2 aromatic rings. The molecule has 0 heterocycles. The van der Waals surface area contributed by atoms with Gasteiger partial charge >= 0.3 is 14.2 Å². The summed E-state index contributed by atoms with van der Waals surface area (Å²) >= 11 is 0. The molecule has 2 aromatic carbocycles. The van der Waals surface area contributed by atoms with Gasteiger partial charge in [-0.25, -0.2) is 0 Å². The predicted molar refractivity (Wildman–Crippen MR) is 90.7 cm³/mol. The van der Waals surface area contributed by atoms with Gasteiger partial charge in [0, 0.05) is 12.1 Å². The molecule has 0 aromatic heterocycles. The summed E-state index contributed by atoms with van der Waals surface area (Å²) in [5, 5.41) is 38.3. The number of carbonyl (C=O) groups is 1. The summed E-state index contributed by atoms with van der Waals surface area (Å²) in [5.41, 5.74) is 2.02. The molecule has 120 valence electrons. The Morgan fingerprint density at radius 3 is 1.91 bits per heavy atom. The Morgan fingerprint density at radius 2 is 1.43 bits per heavy atom. The molecule has 0 spiro atoms. The molecule has 5 N–H and O–H groups in total. The van der Waals surface area contributed by atoms with Gasteiger partial charge in [-0.2, -0.15) is 0 Å². The van der Waals surface area contributed by atoms with Crippen molar-refractivity contribution < 1.29 is 24.9 Å². The highest BCUT2D eigenvalue weighted by Gasteiger charge is 2.14. The highest BCUT2D eigenvalue weighted by Crippen LogP contribution is 1.95. The summed E-state index contributed by atoms with van der Waals surface area (Å²) in [4.78, 5) is 10.3. The van der Waals surface area contributed by atoms with E-state index >= 15 is 0 Å². The van der Waals surface area contributed by atoms with Crippen molar-refractivity contribution in [1.29, 1.82) is 0 Å². The van der Waals surface area contributed by atoms with E-state index in [2.05, 4.69) is 5.32 Å². The van der Waals surface area contributed by atoms with Crippen molar-refractivity contribution in [3.05, 3.63) is 59.7 Å². The van der Waals surface area contributed by atoms with E-state index in [0.29, 0.717) is 23.9 Å². The Labute approximate surface area is 135 Å². The molecule has 2 rings (SSSR count). The predicted octanol–water partition coefficient (Wildman–Crippen LogP) is -1.74. The molecule has 0 aliphatic carbocycles. The van der Waals surface area contributed by atoms with Gasteiger partial charge in [0.25, 0.3) is 0 Å². The number of hydrogen-bond donors (Lipinski definition) is 5. The van der Waals surface area contributed by atoms with Crippen LogP contribution in [0.3, 0.4) is 0 Å². The second kappa shape index (κ2) is 9.94. The van der Waals surface area contributed by atoms with Crippen molar-refractivity contribution in [2.75, 3.05) is 7.05 Å². The van der Waals surface area contributed by atoms with Crippen LogP contribution in [0, 0.1) is 0 Å². The SMILES string of the molecule is CNCc1ccccc1B(O)O.O=Cc1ccccc1B(O)O. The van der Waals surface area contributed by atoms with E-state index in [-0.39, 0.29) is 5.46 Å². The smallest absolute Gasteiger partial charge is 0.423 e. The fourth-order valence-electron chi connectivity index (χ4n) is 1.99. The van der Waals surface area contributed by atoms with E-state index in [4.69, 9.17) is 20.1 Å². The lowest BCUT2D eigenvalue weighted by molar-refractivity contribution is 0.112. The van der Waals surface area contributed by atoms with Crippen LogP contribution < -0.4 is 16.2 Å². The topological polar surface area (TPSA) is 110 Å². The van der Waals surface area contributed by atoms with Crippen molar-refractivity contribution in [2.24, 2.45) is 0 Å². The average Bonchev–Trinajstić information content (AvgIpc) is 2.56. The maximum atomic E-state index is 10.3. The van der Waals surface area contributed by atoms with Gasteiger partial charge < -0.3 is 25.4 Å². The second-order valence-corrected chi connectivity index (χ2v) is 4.72. The van der Waals surface area contributed by atoms with Crippen molar-refractivity contribution in [3.8, 4) is 0 Å². The van der Waals surface area contributed by atoms with Gasteiger partial charge in [0.1, 0.15) is 6.29 Å². The van der Waals surface area contributed by atoms with Crippen molar-refractivity contribution in [1.82, 2.24) is 5.32 Å². The summed E-state index contributed by atoms with van der Waals surface area (Å²) in [6.45, 7) is 0.647. The molecule has 23 heavy (non-hydrogen) atoms. The first-order valence-electron chi connectivity index (χ1n) is 7.00. The third-order valence-corrected chi connectivity index (χ3v) is 3.10. The molecule has 8 heteroatoms. The summed E-state index contributed by atoms with van der Waals surface area (Å²) < 4.78 is 0. The number of nitrogens with one attached hydrogen (secondary N) is 1. The summed E-state index contributed by atoms with van der Waals surface area (Å²) in [6.07, 6.45) is 0.592. The molecule has 0 amide bonds. The standard InChI is InChI=1S/C8H12BNO2.C7H7BO3/c1-10-6-7-4-2-3-5-8(7)9(11)12;9-5-6-3-1-2-4-7(6)8(10)11/h2-5,10-12H,6H2,1H3;1-5,10-11H. The maximum absolute atomic E-state index is 10.3. The zero-order chi connectivity index (χ0) is 17.2. The van der Waals surface area contributed by atoms with Crippen LogP contribution in [0.1, 0.15) is 15.9 Å². The van der Waals surface area contributed by atoms with E-state index in [1.165, 1.54) is 12.1 Å². The second-order valence-electron chi connectivity index (χ2n) is 4.72. The average molecular weight is 315 g/mol. The van der Waals surface area contributed by atoms with Crippen LogP contribution in [0.5, 0.6) is 0 Å². The van der Waals surface area contributed by atoms with E-state index in [1.807, 2.05) is 19.2 Å². The quantitative estimate of drug-likeness (QED) is 0.331. The molecule has 0 saturated heterocycles. The van der Waals surface area contributed by atoms with E-state index in [0.717, 1.165) is 5.56 Å². The van der Waals surface area contributed by atoms with Crippen LogP contribution in [0.2, 0.25) is 0 Å². The molecule has 0 aliphatic heterocycles. The van der Waals surface area contributed by atoms with Gasteiger partial charge in [-0.05, 0) is 23.5 Å². The van der Waals surface area contributed by atoms with Gasteiger partial charge in [-0.15, -0.1) is 0 Å². The van der Waals surface area contributed by atoms with Crippen LogP contribution in [-0.2, 0) is 6.54 Å². The summed E-state index contributed by atoms with van der Waals surface area (Å²) in [6, 6.07) is 13.6.